The number of hydrogen-bond donors (Lipinski definition) is 1. The summed E-state index contributed by atoms with van der Waals surface area (Å²) in [5.41, 5.74) is 1.46. The molecule has 1 aromatic carbocycles. The van der Waals surface area contributed by atoms with E-state index in [1.54, 1.807) is 0 Å². The lowest BCUT2D eigenvalue weighted by atomic mass is 10.0. The van der Waals surface area contributed by atoms with Crippen molar-refractivity contribution >= 4 is 32.1 Å². The number of hydrogen-bond acceptors (Lipinski definition) is 1. The topological polar surface area (TPSA) is 12.0 Å². The van der Waals surface area contributed by atoms with Gasteiger partial charge in [-0.1, -0.05) is 48.4 Å². The fraction of sp³-hybridized carbons (Fsp3) is 0.600. The molecule has 4 heteroatoms. The molecule has 0 radical (unpaired) electrons. The van der Waals surface area contributed by atoms with Crippen molar-refractivity contribution in [2.24, 2.45) is 5.92 Å². The van der Waals surface area contributed by atoms with Gasteiger partial charge in [0.15, 0.2) is 0 Å². The zero-order chi connectivity index (χ0) is 13.0. The van der Waals surface area contributed by atoms with Gasteiger partial charge >= 0.3 is 0 Å². The van der Waals surface area contributed by atoms with Gasteiger partial charge in [0.1, 0.15) is 0 Å². The quantitative estimate of drug-likeness (QED) is 0.803. The van der Waals surface area contributed by atoms with Crippen LogP contribution in [0, 0.1) is 5.92 Å². The van der Waals surface area contributed by atoms with Crippen LogP contribution in [0.1, 0.15) is 18.4 Å². The van der Waals surface area contributed by atoms with Crippen LogP contribution in [0.4, 0.5) is 0 Å². The third-order valence-corrected chi connectivity index (χ3v) is 7.20. The summed E-state index contributed by atoms with van der Waals surface area (Å²) in [5.74, 6) is 0.959. The smallest absolute Gasteiger partial charge is 0.0520 e. The van der Waals surface area contributed by atoms with E-state index in [1.807, 2.05) is 12.1 Å². The summed E-state index contributed by atoms with van der Waals surface area (Å²) >= 11 is 5.94. The monoisotopic (exact) mass is 317 g/mol. The van der Waals surface area contributed by atoms with Crippen molar-refractivity contribution in [2.75, 3.05) is 13.1 Å². The molecule has 1 aliphatic rings. The summed E-state index contributed by atoms with van der Waals surface area (Å²) in [6, 6.07) is 11.2. The predicted octanol–water partition coefficient (Wildman–Crippen LogP) is 4.55. The van der Waals surface area contributed by atoms with Crippen molar-refractivity contribution in [1.29, 1.82) is 0 Å². The first-order valence-electron chi connectivity index (χ1n) is 7.00. The summed E-state index contributed by atoms with van der Waals surface area (Å²) < 4.78 is 0. The first-order valence-corrected chi connectivity index (χ1v) is 10.8. The molecule has 1 N–H and O–H groups in total. The van der Waals surface area contributed by atoms with E-state index in [1.165, 1.54) is 43.6 Å². The third-order valence-electron chi connectivity index (χ3n) is 3.90. The van der Waals surface area contributed by atoms with Crippen molar-refractivity contribution in [3.63, 3.8) is 0 Å². The van der Waals surface area contributed by atoms with Crippen LogP contribution in [0.15, 0.2) is 24.3 Å². The largest absolute Gasteiger partial charge is 0.317 e. The van der Waals surface area contributed by atoms with Crippen LogP contribution in [0.25, 0.3) is 0 Å². The zero-order valence-corrected chi connectivity index (χ0v) is 14.5. The van der Waals surface area contributed by atoms with Gasteiger partial charge in [-0.05, 0) is 50.0 Å². The van der Waals surface area contributed by atoms with Crippen LogP contribution < -0.4 is 5.32 Å². The van der Waals surface area contributed by atoms with Crippen molar-refractivity contribution in [1.82, 2.24) is 5.32 Å². The van der Waals surface area contributed by atoms with Crippen LogP contribution in [0.3, 0.4) is 0 Å². The molecule has 0 atom stereocenters. The molecular weight excluding hydrogens is 293 g/mol. The highest BCUT2D eigenvalue weighted by molar-refractivity contribution is 6.76. The minimum absolute atomic E-state index is 0. The third kappa shape index (κ3) is 5.86. The van der Waals surface area contributed by atoms with E-state index in [0.717, 1.165) is 10.9 Å². The lowest BCUT2D eigenvalue weighted by molar-refractivity contribution is 0.398. The van der Waals surface area contributed by atoms with Crippen LogP contribution in [0.2, 0.25) is 24.2 Å². The van der Waals surface area contributed by atoms with Crippen LogP contribution in [-0.4, -0.2) is 21.2 Å². The molecule has 0 spiro atoms. The molecule has 1 fully saturated rings. The average Bonchev–Trinajstić information content (AvgIpc) is 2.32. The summed E-state index contributed by atoms with van der Waals surface area (Å²) in [5, 5.41) is 4.30. The molecule has 1 nitrogen and oxygen atoms in total. The molecule has 1 saturated heterocycles. The first-order chi connectivity index (χ1) is 8.55. The average molecular weight is 318 g/mol. The van der Waals surface area contributed by atoms with Gasteiger partial charge in [0.25, 0.3) is 0 Å². The van der Waals surface area contributed by atoms with Gasteiger partial charge in [0.2, 0.25) is 0 Å². The van der Waals surface area contributed by atoms with Crippen LogP contribution in [-0.2, 0) is 6.04 Å². The fourth-order valence-corrected chi connectivity index (χ4v) is 6.68. The van der Waals surface area contributed by atoms with Gasteiger partial charge < -0.3 is 5.32 Å². The van der Waals surface area contributed by atoms with E-state index in [4.69, 9.17) is 11.6 Å². The molecule has 1 aromatic rings. The Morgan fingerprint density at radius 3 is 2.32 bits per heavy atom. The molecule has 1 heterocycles. The Labute approximate surface area is 129 Å². The Balaban J connectivity index is 0.00000180. The molecule has 0 unspecified atom stereocenters. The van der Waals surface area contributed by atoms with Crippen LogP contribution >= 0.6 is 24.0 Å². The summed E-state index contributed by atoms with van der Waals surface area (Å²) in [4.78, 5) is 0. The van der Waals surface area contributed by atoms with Crippen molar-refractivity contribution in [2.45, 2.75) is 38.0 Å². The number of nitrogens with one attached hydrogen (secondary N) is 1. The van der Waals surface area contributed by atoms with Gasteiger partial charge in [-0.2, -0.15) is 0 Å². The van der Waals surface area contributed by atoms with Gasteiger partial charge in [-0.15, -0.1) is 12.4 Å². The van der Waals surface area contributed by atoms with Gasteiger partial charge in [-0.25, -0.2) is 0 Å². The first kappa shape index (κ1) is 17.0. The molecule has 1 aliphatic heterocycles. The highest BCUT2D eigenvalue weighted by atomic mass is 35.5. The van der Waals surface area contributed by atoms with E-state index in [-0.39, 0.29) is 12.4 Å². The van der Waals surface area contributed by atoms with E-state index in [2.05, 4.69) is 30.5 Å². The standard InChI is InChI=1S/C15H24ClNSi.ClH/c1-18(2,12-14-7-9-17-10-8-14)11-13-3-5-15(16)6-4-13;/h3-6,14,17H,7-12H2,1-2H3;1H. The summed E-state index contributed by atoms with van der Waals surface area (Å²) in [6.07, 6.45) is 2.74. The van der Waals surface area contributed by atoms with E-state index in [0.29, 0.717) is 0 Å². The van der Waals surface area contributed by atoms with Gasteiger partial charge in [0.05, 0.1) is 8.07 Å². The Bertz CT molecular complexity index is 372. The maximum absolute atomic E-state index is 5.94. The second-order valence-corrected chi connectivity index (χ2v) is 11.9. The Morgan fingerprint density at radius 2 is 1.74 bits per heavy atom. The molecule has 0 aromatic heterocycles. The van der Waals surface area contributed by atoms with Crippen molar-refractivity contribution in [3.8, 4) is 0 Å². The zero-order valence-electron chi connectivity index (χ0n) is 11.9. The van der Waals surface area contributed by atoms with Crippen LogP contribution in [0.5, 0.6) is 0 Å². The molecule has 108 valence electrons. The lowest BCUT2D eigenvalue weighted by Gasteiger charge is -2.31. The normalized spacial score (nSPS) is 17.0. The molecule has 0 amide bonds. The molecule has 19 heavy (non-hydrogen) atoms. The lowest BCUT2D eigenvalue weighted by Crippen LogP contribution is -2.36. The van der Waals surface area contributed by atoms with Gasteiger partial charge in [0, 0.05) is 5.02 Å². The van der Waals surface area contributed by atoms with Crippen molar-refractivity contribution in [3.05, 3.63) is 34.9 Å². The maximum atomic E-state index is 5.94. The van der Waals surface area contributed by atoms with Gasteiger partial charge in [-0.3, -0.25) is 0 Å². The minimum Gasteiger partial charge on any atom is -0.317 e. The number of rotatable bonds is 4. The Hall–Kier alpha value is -0.0231. The predicted molar refractivity (Wildman–Crippen MR) is 90.3 cm³/mol. The summed E-state index contributed by atoms with van der Waals surface area (Å²) in [6.45, 7) is 7.50. The Morgan fingerprint density at radius 1 is 1.16 bits per heavy atom. The molecular formula is C15H25Cl2NSi. The second-order valence-electron chi connectivity index (χ2n) is 6.36. The molecule has 0 aliphatic carbocycles. The fourth-order valence-electron chi connectivity index (χ4n) is 3.09. The number of piperidine rings is 1. The summed E-state index contributed by atoms with van der Waals surface area (Å²) in [7, 11) is -1.12. The number of benzene rings is 1. The number of halogens is 2. The highest BCUT2D eigenvalue weighted by Gasteiger charge is 2.26. The molecule has 0 bridgehead atoms. The highest BCUT2D eigenvalue weighted by Crippen LogP contribution is 2.27. The Kier molecular flexibility index (Phi) is 6.88. The maximum Gasteiger partial charge on any atom is 0.0520 e. The molecule has 0 saturated carbocycles. The molecule has 2 rings (SSSR count). The van der Waals surface area contributed by atoms with E-state index in [9.17, 15) is 0 Å². The van der Waals surface area contributed by atoms with Crippen molar-refractivity contribution < 1.29 is 0 Å². The SMILES string of the molecule is C[Si](C)(Cc1ccc(Cl)cc1)CC1CCNCC1.Cl. The second kappa shape index (κ2) is 7.68. The van der Waals surface area contributed by atoms with E-state index >= 15 is 0 Å². The minimum atomic E-state index is -1.12. The van der Waals surface area contributed by atoms with E-state index < -0.39 is 8.07 Å².